The number of rotatable bonds is 2. The van der Waals surface area contributed by atoms with Gasteiger partial charge in [-0.1, -0.05) is 6.07 Å². The predicted molar refractivity (Wildman–Crippen MR) is 107 cm³/mol. The summed E-state index contributed by atoms with van der Waals surface area (Å²) >= 11 is 0. The molecule has 3 aliphatic rings. The lowest BCUT2D eigenvalue weighted by molar-refractivity contribution is 0.188. The molecule has 1 aromatic carbocycles. The average molecular weight is 361 g/mol. The van der Waals surface area contributed by atoms with Gasteiger partial charge in [-0.15, -0.1) is 0 Å². The minimum Gasteiger partial charge on any atom is -0.441 e. The van der Waals surface area contributed by atoms with Crippen molar-refractivity contribution in [1.29, 1.82) is 0 Å². The number of oxazole rings is 1. The number of benzene rings is 1. The Bertz CT molecular complexity index is 1000. The number of nitrogens with zero attached hydrogens (tertiary/aromatic N) is 5. The molecule has 0 bridgehead atoms. The van der Waals surface area contributed by atoms with Crippen molar-refractivity contribution in [1.82, 2.24) is 19.7 Å². The van der Waals surface area contributed by atoms with Gasteiger partial charge in [-0.3, -0.25) is 0 Å². The first-order chi connectivity index (χ1) is 13.2. The van der Waals surface area contributed by atoms with Crippen molar-refractivity contribution in [3.63, 3.8) is 0 Å². The molecule has 6 nitrogen and oxygen atoms in total. The van der Waals surface area contributed by atoms with Gasteiger partial charge >= 0.3 is 0 Å². The van der Waals surface area contributed by atoms with Gasteiger partial charge in [-0.2, -0.15) is 0 Å². The zero-order chi connectivity index (χ0) is 18.4. The van der Waals surface area contributed by atoms with Gasteiger partial charge in [0.1, 0.15) is 11.4 Å². The van der Waals surface area contributed by atoms with Crippen molar-refractivity contribution in [2.45, 2.75) is 6.92 Å². The summed E-state index contributed by atoms with van der Waals surface area (Å²) in [6, 6.07) is 6.09. The first-order valence-corrected chi connectivity index (χ1v) is 9.42. The van der Waals surface area contributed by atoms with Crippen molar-refractivity contribution in [3.8, 4) is 0 Å². The summed E-state index contributed by atoms with van der Waals surface area (Å²) < 4.78 is 5.67. The van der Waals surface area contributed by atoms with Crippen LogP contribution in [-0.4, -0.2) is 65.3 Å². The maximum absolute atomic E-state index is 5.67. The van der Waals surface area contributed by atoms with Crippen LogP contribution in [0.5, 0.6) is 0 Å². The van der Waals surface area contributed by atoms with Gasteiger partial charge in [0.05, 0.1) is 11.4 Å². The zero-order valence-corrected chi connectivity index (χ0v) is 15.7. The Morgan fingerprint density at radius 3 is 2.78 bits per heavy atom. The van der Waals surface area contributed by atoms with Crippen molar-refractivity contribution in [2.24, 2.45) is 4.99 Å². The third-order valence-corrected chi connectivity index (χ3v) is 5.36. The van der Waals surface area contributed by atoms with Gasteiger partial charge in [0.25, 0.3) is 0 Å². The van der Waals surface area contributed by atoms with Crippen LogP contribution in [-0.2, 0) is 0 Å². The average Bonchev–Trinajstić information content (AvgIpc) is 3.07. The molecule has 4 heterocycles. The highest BCUT2D eigenvalue weighted by Crippen LogP contribution is 2.27. The fraction of sp³-hybridized carbons (Fsp3) is 0.333. The van der Waals surface area contributed by atoms with Gasteiger partial charge < -0.3 is 19.1 Å². The van der Waals surface area contributed by atoms with Gasteiger partial charge in [0, 0.05) is 51.4 Å². The van der Waals surface area contributed by atoms with Crippen LogP contribution in [0.1, 0.15) is 11.5 Å². The van der Waals surface area contributed by atoms with E-state index in [1.165, 1.54) is 5.70 Å². The monoisotopic (exact) mass is 361 g/mol. The molecule has 6 heteroatoms. The number of likely N-dealkylation sites (N-methyl/N-ethyl adjacent to an activating group) is 1. The standard InChI is InChI=1S/C21H23N5O/c1-15-22-19-5-3-16(13-20(19)27-15)18-7-8-26-14-17(4-6-21(26)23-18)25-11-9-24(2)10-12-25/h3-7,13-14H,8-12H2,1-2H3. The number of aryl methyl sites for hydroxylation is 1. The van der Waals surface area contributed by atoms with E-state index in [0.29, 0.717) is 5.89 Å². The lowest BCUT2D eigenvalue weighted by Crippen LogP contribution is -2.44. The number of allylic oxidation sites excluding steroid dienone is 1. The molecule has 0 saturated carbocycles. The fourth-order valence-corrected chi connectivity index (χ4v) is 3.76. The zero-order valence-electron chi connectivity index (χ0n) is 15.7. The number of aliphatic imine (C=N–C) groups is 1. The Morgan fingerprint density at radius 2 is 1.93 bits per heavy atom. The van der Waals surface area contributed by atoms with Crippen LogP contribution >= 0.6 is 0 Å². The minimum atomic E-state index is 0.689. The Hall–Kier alpha value is -2.86. The highest BCUT2D eigenvalue weighted by molar-refractivity contribution is 6.00. The second-order valence-electron chi connectivity index (χ2n) is 7.30. The van der Waals surface area contributed by atoms with Crippen LogP contribution in [0.4, 0.5) is 0 Å². The molecule has 0 N–H and O–H groups in total. The summed E-state index contributed by atoms with van der Waals surface area (Å²) in [6.07, 6.45) is 8.70. The van der Waals surface area contributed by atoms with E-state index < -0.39 is 0 Å². The summed E-state index contributed by atoms with van der Waals surface area (Å²) in [5.41, 5.74) is 5.02. The highest BCUT2D eigenvalue weighted by atomic mass is 16.3. The molecule has 0 amide bonds. The normalized spacial score (nSPS) is 20.4. The highest BCUT2D eigenvalue weighted by Gasteiger charge is 2.21. The smallest absolute Gasteiger partial charge is 0.192 e. The minimum absolute atomic E-state index is 0.689. The first kappa shape index (κ1) is 16.3. The molecule has 1 aromatic heterocycles. The Labute approximate surface area is 158 Å². The molecular weight excluding hydrogens is 338 g/mol. The lowest BCUT2D eigenvalue weighted by atomic mass is 10.1. The Morgan fingerprint density at radius 1 is 1.07 bits per heavy atom. The van der Waals surface area contributed by atoms with E-state index in [4.69, 9.17) is 9.41 Å². The summed E-state index contributed by atoms with van der Waals surface area (Å²) in [7, 11) is 2.18. The molecule has 5 rings (SSSR count). The largest absolute Gasteiger partial charge is 0.441 e. The number of hydrogen-bond acceptors (Lipinski definition) is 6. The number of fused-ring (bicyclic) bond motifs is 2. The molecule has 0 atom stereocenters. The van der Waals surface area contributed by atoms with Crippen LogP contribution in [0.2, 0.25) is 0 Å². The molecular formula is C21H23N5O. The van der Waals surface area contributed by atoms with E-state index in [1.807, 2.05) is 19.1 Å². The molecule has 0 radical (unpaired) electrons. The summed E-state index contributed by atoms with van der Waals surface area (Å²) in [5.74, 6) is 1.67. The number of hydrogen-bond donors (Lipinski definition) is 0. The number of piperazine rings is 1. The van der Waals surface area contributed by atoms with Crippen LogP contribution in [0, 0.1) is 6.92 Å². The summed E-state index contributed by atoms with van der Waals surface area (Å²) in [5, 5.41) is 0. The third kappa shape index (κ3) is 3.06. The molecule has 27 heavy (non-hydrogen) atoms. The van der Waals surface area contributed by atoms with Crippen molar-refractivity contribution >= 4 is 22.6 Å². The predicted octanol–water partition coefficient (Wildman–Crippen LogP) is 2.85. The number of aromatic nitrogens is 1. The summed E-state index contributed by atoms with van der Waals surface area (Å²) in [6.45, 7) is 7.06. The maximum Gasteiger partial charge on any atom is 0.192 e. The molecule has 0 aliphatic carbocycles. The van der Waals surface area contributed by atoms with Crippen molar-refractivity contribution < 1.29 is 4.42 Å². The van der Waals surface area contributed by atoms with Gasteiger partial charge in [0.15, 0.2) is 11.5 Å². The molecule has 2 aromatic rings. The fourth-order valence-electron chi connectivity index (χ4n) is 3.76. The van der Waals surface area contributed by atoms with Crippen LogP contribution in [0.15, 0.2) is 57.7 Å². The van der Waals surface area contributed by atoms with Crippen molar-refractivity contribution in [3.05, 3.63) is 59.8 Å². The Kier molecular flexibility index (Phi) is 3.86. The molecule has 1 saturated heterocycles. The molecule has 138 valence electrons. The van der Waals surface area contributed by atoms with E-state index in [0.717, 1.165) is 60.9 Å². The lowest BCUT2D eigenvalue weighted by Gasteiger charge is -2.37. The molecule has 3 aliphatic heterocycles. The van der Waals surface area contributed by atoms with E-state index in [9.17, 15) is 0 Å². The second kappa shape index (κ2) is 6.39. The number of amidine groups is 1. The van der Waals surface area contributed by atoms with E-state index in [2.05, 4.69) is 57.2 Å². The molecule has 0 spiro atoms. The van der Waals surface area contributed by atoms with Crippen LogP contribution in [0.3, 0.4) is 0 Å². The SMILES string of the molecule is Cc1nc2ccc(C3=CCN4C=C(N5CCN(C)CC5)C=CC4=N3)cc2o1. The second-order valence-corrected chi connectivity index (χ2v) is 7.30. The summed E-state index contributed by atoms with van der Waals surface area (Å²) in [4.78, 5) is 16.3. The van der Waals surface area contributed by atoms with E-state index in [-0.39, 0.29) is 0 Å². The van der Waals surface area contributed by atoms with Crippen LogP contribution in [0.25, 0.3) is 16.8 Å². The topological polar surface area (TPSA) is 48.1 Å². The Balaban J connectivity index is 1.37. The van der Waals surface area contributed by atoms with E-state index in [1.54, 1.807) is 0 Å². The van der Waals surface area contributed by atoms with Gasteiger partial charge in [-0.25, -0.2) is 9.98 Å². The quantitative estimate of drug-likeness (QED) is 0.823. The van der Waals surface area contributed by atoms with Gasteiger partial charge in [-0.05, 0) is 37.4 Å². The van der Waals surface area contributed by atoms with Gasteiger partial charge in [0.2, 0.25) is 0 Å². The molecule has 0 unspecified atom stereocenters. The van der Waals surface area contributed by atoms with Crippen molar-refractivity contribution in [2.75, 3.05) is 39.8 Å². The maximum atomic E-state index is 5.67. The van der Waals surface area contributed by atoms with E-state index >= 15 is 0 Å². The third-order valence-electron chi connectivity index (χ3n) is 5.36. The molecule has 1 fully saturated rings. The van der Waals surface area contributed by atoms with Crippen LogP contribution < -0.4 is 0 Å². The first-order valence-electron chi connectivity index (χ1n) is 9.42.